The van der Waals surface area contributed by atoms with Crippen LogP contribution in [0, 0.1) is 5.92 Å². The highest BCUT2D eigenvalue weighted by molar-refractivity contribution is 5.86. The summed E-state index contributed by atoms with van der Waals surface area (Å²) in [7, 11) is 0. The first kappa shape index (κ1) is 22.7. The molecule has 2 aliphatic rings. The minimum atomic E-state index is -1.30. The second-order valence-corrected chi connectivity index (χ2v) is 11.3. The van der Waals surface area contributed by atoms with Crippen molar-refractivity contribution in [3.8, 4) is 0 Å². The summed E-state index contributed by atoms with van der Waals surface area (Å²) in [5.74, 6) is 0.190. The first-order chi connectivity index (χ1) is 16.8. The maximum absolute atomic E-state index is 15.0. The minimum Gasteiger partial charge on any atom is -0.357 e. The Morgan fingerprint density at radius 1 is 1.06 bits per heavy atom. The van der Waals surface area contributed by atoms with E-state index < -0.39 is 5.67 Å². The van der Waals surface area contributed by atoms with Crippen LogP contribution in [0.25, 0.3) is 21.8 Å². The van der Waals surface area contributed by atoms with Crippen molar-refractivity contribution in [1.82, 2.24) is 19.8 Å². The van der Waals surface area contributed by atoms with Crippen LogP contribution in [0.5, 0.6) is 0 Å². The average molecular weight is 481 g/mol. The smallest absolute Gasteiger partial charge is 0.118 e. The molecule has 2 atom stereocenters. The highest BCUT2D eigenvalue weighted by Gasteiger charge is 2.38. The topological polar surface area (TPSA) is 38.1 Å². The van der Waals surface area contributed by atoms with Crippen LogP contribution in [0.1, 0.15) is 52.2 Å². The molecule has 0 unspecified atom stereocenters. The highest BCUT2D eigenvalue weighted by atomic mass is 19.1. The quantitative estimate of drug-likeness (QED) is 0.325. The fraction of sp³-hybridized carbons (Fsp3) is 0.448. The van der Waals surface area contributed by atoms with Gasteiger partial charge < -0.3 is 9.97 Å². The third-order valence-corrected chi connectivity index (χ3v) is 7.74. The van der Waals surface area contributed by atoms with Crippen LogP contribution in [0.2, 0.25) is 0 Å². The Hall–Kier alpha value is -2.70. The van der Waals surface area contributed by atoms with Gasteiger partial charge in [-0.3, -0.25) is 14.2 Å². The zero-order valence-electron chi connectivity index (χ0n) is 20.7. The molecule has 2 aliphatic heterocycles. The van der Waals surface area contributed by atoms with E-state index in [2.05, 4.69) is 75.2 Å². The van der Waals surface area contributed by atoms with Crippen LogP contribution in [-0.4, -0.2) is 57.8 Å². The number of hydrogen-bond donors (Lipinski definition) is 2. The summed E-state index contributed by atoms with van der Waals surface area (Å²) in [6, 6.07) is 17.4. The highest BCUT2D eigenvalue weighted by Crippen LogP contribution is 2.42. The molecular formula is C29H38F2N4. The summed E-state index contributed by atoms with van der Waals surface area (Å²) in [6.07, 6.45) is 0.901. The van der Waals surface area contributed by atoms with Gasteiger partial charge in [-0.2, -0.15) is 0 Å². The number of H-pyrrole nitrogens is 2. The fourth-order valence-corrected chi connectivity index (χ4v) is 6.16. The number of nitrogens with one attached hydrogen (secondary N) is 2. The molecule has 2 aromatic heterocycles. The van der Waals surface area contributed by atoms with Crippen LogP contribution < -0.4 is 0 Å². The van der Waals surface area contributed by atoms with Crippen LogP contribution in [0.15, 0.2) is 48.5 Å². The Kier molecular flexibility index (Phi) is 5.49. The minimum absolute atomic E-state index is 0. The van der Waals surface area contributed by atoms with E-state index in [4.69, 9.17) is 0 Å². The Labute approximate surface area is 208 Å². The fourth-order valence-electron chi connectivity index (χ4n) is 6.16. The van der Waals surface area contributed by atoms with Crippen molar-refractivity contribution in [1.29, 1.82) is 0 Å². The number of alkyl halides is 2. The summed E-state index contributed by atoms with van der Waals surface area (Å²) < 4.78 is 27.8. The van der Waals surface area contributed by atoms with E-state index in [0.717, 1.165) is 48.2 Å². The molecule has 0 aliphatic carbocycles. The number of hydrogen-bond acceptors (Lipinski definition) is 2. The van der Waals surface area contributed by atoms with Gasteiger partial charge in [0.15, 0.2) is 0 Å². The van der Waals surface area contributed by atoms with E-state index in [-0.39, 0.29) is 27.5 Å². The number of para-hydroxylation sites is 1. The SMILES string of the molecule is C[C@@H]1Cc2c([nH]c3ccccc23)[C@@H](c2ccc3[nH]c(CN4CC(CF)C4)cc3c2)N1CC(C)(C)F.[HH].[HH]. The van der Waals surface area contributed by atoms with Gasteiger partial charge in [0.2, 0.25) is 0 Å². The zero-order chi connectivity index (χ0) is 24.3. The van der Waals surface area contributed by atoms with Gasteiger partial charge in [0.05, 0.1) is 12.7 Å². The number of halogens is 2. The van der Waals surface area contributed by atoms with E-state index in [1.165, 1.54) is 22.2 Å². The Bertz CT molecular complexity index is 1370. The maximum Gasteiger partial charge on any atom is 0.118 e. The van der Waals surface area contributed by atoms with Crippen molar-refractivity contribution in [3.63, 3.8) is 0 Å². The van der Waals surface area contributed by atoms with Crippen molar-refractivity contribution in [2.24, 2.45) is 5.92 Å². The standard InChI is InChI=1S/C29H34F2N4.2H2/c1-18-10-24-23-6-4-5-7-26(23)33-27(24)28(35(18)17-29(2,3)31)20-8-9-25-21(11-20)12-22(32-25)16-34-14-19(13-30)15-34;;/h4-9,11-12,18-19,28,32-33H,10,13-17H2,1-3H3;2*1H/t18-,28-;;/m1../s1. The number of fused-ring (bicyclic) bond motifs is 4. The van der Waals surface area contributed by atoms with Crippen LogP contribution in [0.4, 0.5) is 8.78 Å². The molecule has 188 valence electrons. The molecule has 2 N–H and O–H groups in total. The molecule has 0 bridgehead atoms. The molecule has 4 aromatic rings. The summed E-state index contributed by atoms with van der Waals surface area (Å²) in [6.45, 7) is 8.17. The first-order valence-electron chi connectivity index (χ1n) is 12.7. The predicted molar refractivity (Wildman–Crippen MR) is 142 cm³/mol. The number of aromatic amines is 2. The molecule has 0 saturated carbocycles. The largest absolute Gasteiger partial charge is 0.357 e. The van der Waals surface area contributed by atoms with Crippen LogP contribution >= 0.6 is 0 Å². The molecule has 0 radical (unpaired) electrons. The molecule has 6 heteroatoms. The van der Waals surface area contributed by atoms with Gasteiger partial charge in [0.1, 0.15) is 5.67 Å². The normalized spacial score (nSPS) is 22.1. The van der Waals surface area contributed by atoms with Crippen molar-refractivity contribution >= 4 is 21.8 Å². The monoisotopic (exact) mass is 480 g/mol. The van der Waals surface area contributed by atoms with Crippen molar-refractivity contribution in [2.45, 2.75) is 51.5 Å². The second-order valence-electron chi connectivity index (χ2n) is 11.3. The molecule has 1 saturated heterocycles. The summed E-state index contributed by atoms with van der Waals surface area (Å²) >= 11 is 0. The molecule has 1 fully saturated rings. The molecule has 2 aromatic carbocycles. The molecule has 6 rings (SSSR count). The lowest BCUT2D eigenvalue weighted by Gasteiger charge is -2.43. The van der Waals surface area contributed by atoms with E-state index in [1.54, 1.807) is 13.8 Å². The molecule has 35 heavy (non-hydrogen) atoms. The third kappa shape index (κ3) is 4.17. The van der Waals surface area contributed by atoms with E-state index >= 15 is 4.39 Å². The van der Waals surface area contributed by atoms with Crippen LogP contribution in [0.3, 0.4) is 0 Å². The first-order valence-corrected chi connectivity index (χ1v) is 12.7. The van der Waals surface area contributed by atoms with E-state index in [0.29, 0.717) is 6.54 Å². The molecule has 4 nitrogen and oxygen atoms in total. The number of aromatic nitrogens is 2. The number of likely N-dealkylation sites (tertiary alicyclic amines) is 1. The third-order valence-electron chi connectivity index (χ3n) is 7.74. The van der Waals surface area contributed by atoms with Crippen LogP contribution in [-0.2, 0) is 13.0 Å². The second kappa shape index (κ2) is 8.45. The molecule has 0 amide bonds. The lowest BCUT2D eigenvalue weighted by atomic mass is 9.87. The molecule has 0 spiro atoms. The van der Waals surface area contributed by atoms with Crippen molar-refractivity contribution < 1.29 is 11.6 Å². The zero-order valence-corrected chi connectivity index (χ0v) is 20.7. The molecular weight excluding hydrogens is 442 g/mol. The van der Waals surface area contributed by atoms with E-state index in [1.807, 2.05) is 0 Å². The predicted octanol–water partition coefficient (Wildman–Crippen LogP) is 6.63. The summed E-state index contributed by atoms with van der Waals surface area (Å²) in [5.41, 5.74) is 5.80. The average Bonchev–Trinajstić information content (AvgIpc) is 3.35. The Balaban J connectivity index is 0.00000160. The van der Waals surface area contributed by atoms with Gasteiger partial charge >= 0.3 is 0 Å². The van der Waals surface area contributed by atoms with Gasteiger partial charge in [-0.1, -0.05) is 24.3 Å². The Morgan fingerprint density at radius 3 is 2.63 bits per heavy atom. The number of nitrogens with zero attached hydrogens (tertiary/aromatic N) is 2. The van der Waals surface area contributed by atoms with Gasteiger partial charge in [-0.15, -0.1) is 0 Å². The number of rotatable bonds is 6. The van der Waals surface area contributed by atoms with Gasteiger partial charge in [-0.25, -0.2) is 4.39 Å². The van der Waals surface area contributed by atoms with Gasteiger partial charge in [0.25, 0.3) is 0 Å². The summed E-state index contributed by atoms with van der Waals surface area (Å²) in [5, 5.41) is 2.43. The van der Waals surface area contributed by atoms with Gasteiger partial charge in [-0.05, 0) is 62.6 Å². The molecule has 4 heterocycles. The Morgan fingerprint density at radius 2 is 1.86 bits per heavy atom. The van der Waals surface area contributed by atoms with Crippen molar-refractivity contribution in [2.75, 3.05) is 26.3 Å². The maximum atomic E-state index is 15.0. The lowest BCUT2D eigenvalue weighted by molar-refractivity contribution is 0.0668. The van der Waals surface area contributed by atoms with E-state index in [9.17, 15) is 4.39 Å². The van der Waals surface area contributed by atoms with Gasteiger partial charge in [0, 0.05) is 74.2 Å². The van der Waals surface area contributed by atoms with Crippen molar-refractivity contribution in [3.05, 3.63) is 71.0 Å². The number of benzene rings is 2. The lowest BCUT2D eigenvalue weighted by Crippen LogP contribution is -2.47. The summed E-state index contributed by atoms with van der Waals surface area (Å²) in [4.78, 5) is 11.8.